The summed E-state index contributed by atoms with van der Waals surface area (Å²) in [7, 11) is 0. The van der Waals surface area contributed by atoms with Gasteiger partial charge in [-0.3, -0.25) is 4.79 Å². The fourth-order valence-corrected chi connectivity index (χ4v) is 2.65. The summed E-state index contributed by atoms with van der Waals surface area (Å²) in [4.78, 5) is 18.4. The second kappa shape index (κ2) is 5.11. The van der Waals surface area contributed by atoms with E-state index in [0.717, 1.165) is 43.0 Å². The molecule has 1 saturated heterocycles. The number of rotatable bonds is 3. The quantitative estimate of drug-likeness (QED) is 0.919. The molecular formula is C14H19N5O. The van der Waals surface area contributed by atoms with Crippen LogP contribution in [0.2, 0.25) is 0 Å². The molecule has 0 radical (unpaired) electrons. The molecule has 6 heteroatoms. The minimum atomic E-state index is -0.262. The van der Waals surface area contributed by atoms with E-state index in [2.05, 4.69) is 15.4 Å². The minimum Gasteiger partial charge on any atom is -0.358 e. The zero-order chi connectivity index (χ0) is 14.1. The van der Waals surface area contributed by atoms with Crippen LogP contribution in [-0.4, -0.2) is 44.5 Å². The summed E-state index contributed by atoms with van der Waals surface area (Å²) < 4.78 is 1.72. The lowest BCUT2D eigenvalue weighted by molar-refractivity contribution is -0.130. The number of pyridine rings is 1. The molecule has 1 unspecified atom stereocenters. The van der Waals surface area contributed by atoms with Crippen LogP contribution < -0.4 is 5.32 Å². The van der Waals surface area contributed by atoms with Crippen LogP contribution in [0.4, 0.5) is 5.82 Å². The molecule has 1 aliphatic heterocycles. The monoisotopic (exact) mass is 273 g/mol. The molecule has 2 aromatic rings. The SMILES string of the molecule is Cc1cc(NC(C)C(=O)N2CCCC2)n2ncnc2c1. The highest BCUT2D eigenvalue weighted by molar-refractivity contribution is 5.84. The number of anilines is 1. The Morgan fingerprint density at radius 2 is 2.10 bits per heavy atom. The van der Waals surface area contributed by atoms with Crippen LogP contribution in [0.25, 0.3) is 5.65 Å². The number of aromatic nitrogens is 3. The van der Waals surface area contributed by atoms with Gasteiger partial charge in [-0.2, -0.15) is 9.61 Å². The molecule has 1 amide bonds. The second-order valence-electron chi connectivity index (χ2n) is 5.35. The van der Waals surface area contributed by atoms with Gasteiger partial charge in [-0.25, -0.2) is 4.98 Å². The Morgan fingerprint density at radius 1 is 1.35 bits per heavy atom. The number of aryl methyl sites for hydroxylation is 1. The summed E-state index contributed by atoms with van der Waals surface area (Å²) in [6, 6.07) is 3.68. The number of nitrogens with one attached hydrogen (secondary N) is 1. The first kappa shape index (κ1) is 12.9. The van der Waals surface area contributed by atoms with Crippen molar-refractivity contribution in [1.82, 2.24) is 19.5 Å². The molecular weight excluding hydrogens is 254 g/mol. The van der Waals surface area contributed by atoms with Crippen molar-refractivity contribution < 1.29 is 4.79 Å². The highest BCUT2D eigenvalue weighted by Crippen LogP contribution is 2.16. The van der Waals surface area contributed by atoms with Crippen molar-refractivity contribution in [3.8, 4) is 0 Å². The molecule has 3 heterocycles. The number of likely N-dealkylation sites (tertiary alicyclic amines) is 1. The summed E-state index contributed by atoms with van der Waals surface area (Å²) in [5.41, 5.74) is 1.88. The topological polar surface area (TPSA) is 62.5 Å². The predicted molar refractivity (Wildman–Crippen MR) is 76.6 cm³/mol. The Balaban J connectivity index is 1.81. The van der Waals surface area contributed by atoms with Gasteiger partial charge in [0.15, 0.2) is 5.65 Å². The average Bonchev–Trinajstić information content (AvgIpc) is 3.08. The molecule has 1 aliphatic rings. The van der Waals surface area contributed by atoms with Gasteiger partial charge in [-0.05, 0) is 44.4 Å². The Hall–Kier alpha value is -2.11. The number of carbonyl (C=O) groups is 1. The molecule has 1 fully saturated rings. The second-order valence-corrected chi connectivity index (χ2v) is 5.35. The summed E-state index contributed by atoms with van der Waals surface area (Å²) in [6.07, 6.45) is 3.74. The largest absolute Gasteiger partial charge is 0.358 e. The molecule has 20 heavy (non-hydrogen) atoms. The zero-order valence-electron chi connectivity index (χ0n) is 11.8. The predicted octanol–water partition coefficient (Wildman–Crippen LogP) is 1.46. The van der Waals surface area contributed by atoms with Gasteiger partial charge in [0.25, 0.3) is 0 Å². The highest BCUT2D eigenvalue weighted by atomic mass is 16.2. The van der Waals surface area contributed by atoms with Gasteiger partial charge in [0.05, 0.1) is 0 Å². The van der Waals surface area contributed by atoms with Crippen LogP contribution in [-0.2, 0) is 4.79 Å². The number of nitrogens with zero attached hydrogens (tertiary/aromatic N) is 4. The fraction of sp³-hybridized carbons (Fsp3) is 0.500. The van der Waals surface area contributed by atoms with Gasteiger partial charge in [0.2, 0.25) is 5.91 Å². The van der Waals surface area contributed by atoms with Gasteiger partial charge >= 0.3 is 0 Å². The smallest absolute Gasteiger partial charge is 0.244 e. The maximum atomic E-state index is 12.3. The lowest BCUT2D eigenvalue weighted by Gasteiger charge is -2.22. The zero-order valence-corrected chi connectivity index (χ0v) is 11.8. The molecule has 3 rings (SSSR count). The first-order valence-corrected chi connectivity index (χ1v) is 7.01. The molecule has 0 bridgehead atoms. The lowest BCUT2D eigenvalue weighted by atomic mass is 10.2. The van der Waals surface area contributed by atoms with Gasteiger partial charge in [0.1, 0.15) is 18.2 Å². The number of carbonyl (C=O) groups excluding carboxylic acids is 1. The lowest BCUT2D eigenvalue weighted by Crippen LogP contribution is -2.40. The van der Waals surface area contributed by atoms with Crippen LogP contribution in [0, 0.1) is 6.92 Å². The molecule has 106 valence electrons. The van der Waals surface area contributed by atoms with E-state index >= 15 is 0 Å². The van der Waals surface area contributed by atoms with Crippen LogP contribution in [0.1, 0.15) is 25.3 Å². The first-order valence-electron chi connectivity index (χ1n) is 7.01. The molecule has 0 aromatic carbocycles. The van der Waals surface area contributed by atoms with Crippen LogP contribution in [0.15, 0.2) is 18.5 Å². The fourth-order valence-electron chi connectivity index (χ4n) is 2.65. The van der Waals surface area contributed by atoms with Crippen molar-refractivity contribution in [1.29, 1.82) is 0 Å². The maximum absolute atomic E-state index is 12.3. The van der Waals surface area contributed by atoms with Crippen molar-refractivity contribution >= 4 is 17.4 Å². The van der Waals surface area contributed by atoms with Crippen LogP contribution in [0.5, 0.6) is 0 Å². The third kappa shape index (κ3) is 2.33. The van der Waals surface area contributed by atoms with Crippen molar-refractivity contribution in [2.75, 3.05) is 18.4 Å². The maximum Gasteiger partial charge on any atom is 0.244 e. The number of fused-ring (bicyclic) bond motifs is 1. The Bertz CT molecular complexity index is 630. The van der Waals surface area contributed by atoms with Crippen molar-refractivity contribution in [3.05, 3.63) is 24.0 Å². The number of amides is 1. The van der Waals surface area contributed by atoms with Crippen molar-refractivity contribution in [2.45, 2.75) is 32.7 Å². The highest BCUT2D eigenvalue weighted by Gasteiger charge is 2.23. The average molecular weight is 273 g/mol. The molecule has 2 aromatic heterocycles. The summed E-state index contributed by atoms with van der Waals surface area (Å²) in [6.45, 7) is 5.65. The van der Waals surface area contributed by atoms with E-state index in [1.165, 1.54) is 6.33 Å². The van der Waals surface area contributed by atoms with Crippen LogP contribution in [0.3, 0.4) is 0 Å². The summed E-state index contributed by atoms with van der Waals surface area (Å²) in [5.74, 6) is 0.954. The van der Waals surface area contributed by atoms with E-state index in [-0.39, 0.29) is 11.9 Å². The summed E-state index contributed by atoms with van der Waals surface area (Å²) in [5, 5.41) is 7.45. The van der Waals surface area contributed by atoms with Gasteiger partial charge in [0, 0.05) is 13.1 Å². The first-order chi connectivity index (χ1) is 9.65. The molecule has 6 nitrogen and oxygen atoms in total. The van der Waals surface area contributed by atoms with Crippen molar-refractivity contribution in [2.24, 2.45) is 0 Å². The number of hydrogen-bond acceptors (Lipinski definition) is 4. The normalized spacial score (nSPS) is 16.6. The number of hydrogen-bond donors (Lipinski definition) is 1. The van der Waals surface area contributed by atoms with E-state index < -0.39 is 0 Å². The van der Waals surface area contributed by atoms with Gasteiger partial charge < -0.3 is 10.2 Å². The van der Waals surface area contributed by atoms with E-state index in [9.17, 15) is 4.79 Å². The minimum absolute atomic E-state index is 0.150. The Kier molecular flexibility index (Phi) is 3.30. The van der Waals surface area contributed by atoms with Crippen molar-refractivity contribution in [3.63, 3.8) is 0 Å². The molecule has 1 atom stereocenters. The molecule has 0 saturated carbocycles. The third-order valence-corrected chi connectivity index (χ3v) is 3.68. The standard InChI is InChI=1S/C14H19N5O/c1-10-7-12-15-9-16-19(12)13(8-10)17-11(2)14(20)18-5-3-4-6-18/h7-9,11,17H,3-6H2,1-2H3. The third-order valence-electron chi connectivity index (χ3n) is 3.68. The van der Waals surface area contributed by atoms with E-state index in [4.69, 9.17) is 0 Å². The molecule has 1 N–H and O–H groups in total. The Morgan fingerprint density at radius 3 is 2.85 bits per heavy atom. The van der Waals surface area contributed by atoms with Gasteiger partial charge in [-0.15, -0.1) is 0 Å². The van der Waals surface area contributed by atoms with E-state index in [1.54, 1.807) is 4.52 Å². The molecule has 0 aliphatic carbocycles. The molecule has 0 spiro atoms. The van der Waals surface area contributed by atoms with E-state index in [0.29, 0.717) is 0 Å². The Labute approximate surface area is 117 Å². The van der Waals surface area contributed by atoms with E-state index in [1.807, 2.05) is 30.9 Å². The van der Waals surface area contributed by atoms with Gasteiger partial charge in [-0.1, -0.05) is 0 Å². The summed E-state index contributed by atoms with van der Waals surface area (Å²) >= 11 is 0. The van der Waals surface area contributed by atoms with Crippen LogP contribution >= 0.6 is 0 Å².